The molecule has 1 fully saturated rings. The summed E-state index contributed by atoms with van der Waals surface area (Å²) in [5.41, 5.74) is -6.34. The van der Waals surface area contributed by atoms with Gasteiger partial charge in [-0.1, -0.05) is 6.07 Å². The number of halogens is 3. The molecule has 1 aliphatic carbocycles. The molecule has 4 rings (SSSR count). The number of rotatable bonds is 5. The zero-order chi connectivity index (χ0) is 29.7. The summed E-state index contributed by atoms with van der Waals surface area (Å²) in [7, 11) is 0. The number of nitrogens with zero attached hydrogens (tertiary/aromatic N) is 2. The van der Waals surface area contributed by atoms with Crippen LogP contribution in [0.25, 0.3) is 10.2 Å². The summed E-state index contributed by atoms with van der Waals surface area (Å²) in [6.45, 7) is -6.91. The number of hydrogen-bond donors (Lipinski definition) is 3. The van der Waals surface area contributed by atoms with Gasteiger partial charge in [-0.25, -0.2) is 9.97 Å². The standard InChI is InChI=1S/C24H26F3N3O3S/c1-23(2,33)15-10-18-19(34-22(30-18)14-8-6-13(12-31)7-9-14)11-17(15)29-21(32)16-4-3-5-20(28-16)24(25,26)27/h3-5,10-11,13-14,31,33H,6-9,12H2,1-2H3,(H,29,32)/i1D3,2D3. The van der Waals surface area contributed by atoms with Gasteiger partial charge in [0.2, 0.25) is 0 Å². The zero-order valence-electron chi connectivity index (χ0n) is 23.8. The Balaban J connectivity index is 1.83. The van der Waals surface area contributed by atoms with Crippen molar-refractivity contribution in [1.29, 1.82) is 0 Å². The molecule has 1 amide bonds. The van der Waals surface area contributed by atoms with Crippen molar-refractivity contribution in [3.05, 3.63) is 52.3 Å². The molecule has 2 heterocycles. The maximum absolute atomic E-state index is 13.1. The van der Waals surface area contributed by atoms with Crippen LogP contribution in [-0.2, 0) is 11.8 Å². The van der Waals surface area contributed by atoms with Crippen LogP contribution in [0.3, 0.4) is 0 Å². The molecule has 3 N–H and O–H groups in total. The lowest BCUT2D eigenvalue weighted by molar-refractivity contribution is -0.141. The summed E-state index contributed by atoms with van der Waals surface area (Å²) in [5.74, 6) is -0.936. The lowest BCUT2D eigenvalue weighted by Crippen LogP contribution is -2.22. The van der Waals surface area contributed by atoms with E-state index in [9.17, 15) is 28.2 Å². The van der Waals surface area contributed by atoms with Gasteiger partial charge in [0.25, 0.3) is 5.91 Å². The Morgan fingerprint density at radius 1 is 1.21 bits per heavy atom. The van der Waals surface area contributed by atoms with Gasteiger partial charge in [0, 0.05) is 32.0 Å². The van der Waals surface area contributed by atoms with E-state index in [2.05, 4.69) is 15.3 Å². The van der Waals surface area contributed by atoms with Crippen LogP contribution in [-0.4, -0.2) is 32.7 Å². The third-order valence-electron chi connectivity index (χ3n) is 5.91. The van der Waals surface area contributed by atoms with E-state index in [-0.39, 0.29) is 24.0 Å². The highest BCUT2D eigenvalue weighted by Gasteiger charge is 2.33. The monoisotopic (exact) mass is 499 g/mol. The molecule has 1 aliphatic rings. The first-order chi connectivity index (χ1) is 18.5. The summed E-state index contributed by atoms with van der Waals surface area (Å²) in [5, 5.41) is 23.6. The minimum absolute atomic E-state index is 0.0418. The van der Waals surface area contributed by atoms with E-state index in [1.807, 2.05) is 0 Å². The number of aromatic nitrogens is 2. The van der Waals surface area contributed by atoms with Crippen molar-refractivity contribution in [2.45, 2.75) is 57.1 Å². The second kappa shape index (κ2) is 9.24. The van der Waals surface area contributed by atoms with Crippen LogP contribution in [0, 0.1) is 5.92 Å². The Hall–Kier alpha value is -2.56. The summed E-state index contributed by atoms with van der Waals surface area (Å²) >= 11 is 1.24. The van der Waals surface area contributed by atoms with Gasteiger partial charge < -0.3 is 15.5 Å². The number of anilines is 1. The Bertz CT molecular complexity index is 1390. The van der Waals surface area contributed by atoms with Crippen molar-refractivity contribution < 1.29 is 36.4 Å². The Kier molecular flexibility index (Phi) is 4.84. The molecule has 182 valence electrons. The number of carbonyl (C=O) groups is 1. The fourth-order valence-corrected chi connectivity index (χ4v) is 5.22. The summed E-state index contributed by atoms with van der Waals surface area (Å²) in [6, 6.07) is 5.00. The Morgan fingerprint density at radius 2 is 1.94 bits per heavy atom. The van der Waals surface area contributed by atoms with Gasteiger partial charge in [-0.05, 0) is 69.6 Å². The van der Waals surface area contributed by atoms with Crippen molar-refractivity contribution in [1.82, 2.24) is 9.97 Å². The molecular weight excluding hydrogens is 467 g/mol. The summed E-state index contributed by atoms with van der Waals surface area (Å²) < 4.78 is 87.1. The van der Waals surface area contributed by atoms with Crippen LogP contribution >= 0.6 is 11.3 Å². The average molecular weight is 500 g/mol. The molecule has 0 atom stereocenters. The van der Waals surface area contributed by atoms with Crippen LogP contribution in [0.15, 0.2) is 30.3 Å². The first kappa shape index (κ1) is 17.8. The van der Waals surface area contributed by atoms with Crippen molar-refractivity contribution in [2.24, 2.45) is 5.92 Å². The molecule has 0 unspecified atom stereocenters. The van der Waals surface area contributed by atoms with E-state index in [0.717, 1.165) is 43.9 Å². The Labute approximate surface area is 207 Å². The molecule has 10 heteroatoms. The van der Waals surface area contributed by atoms with E-state index in [1.54, 1.807) is 0 Å². The highest BCUT2D eigenvalue weighted by Crippen LogP contribution is 2.41. The SMILES string of the molecule is [2H]C([2H])([2H])C(O)(c1cc2nc(C3CCC(CO)CC3)sc2cc1NC(=O)c1cccc(C(F)(F)F)n1)C([2H])([2H])[2H]. The maximum atomic E-state index is 13.1. The van der Waals surface area contributed by atoms with Crippen LogP contribution < -0.4 is 5.32 Å². The van der Waals surface area contributed by atoms with Crippen molar-refractivity contribution in [2.75, 3.05) is 11.9 Å². The molecule has 2 aromatic heterocycles. The van der Waals surface area contributed by atoms with Gasteiger partial charge in [0.05, 0.1) is 20.8 Å². The Morgan fingerprint density at radius 3 is 2.59 bits per heavy atom. The van der Waals surface area contributed by atoms with Crippen molar-refractivity contribution in [3.63, 3.8) is 0 Å². The fourth-order valence-electron chi connectivity index (χ4n) is 4.07. The molecule has 0 bridgehead atoms. The number of nitrogens with one attached hydrogen (secondary N) is 1. The van der Waals surface area contributed by atoms with Crippen LogP contribution in [0.5, 0.6) is 0 Å². The quantitative estimate of drug-likeness (QED) is 0.434. The third-order valence-corrected chi connectivity index (χ3v) is 7.09. The molecule has 34 heavy (non-hydrogen) atoms. The van der Waals surface area contributed by atoms with Crippen molar-refractivity contribution in [3.8, 4) is 0 Å². The smallest absolute Gasteiger partial charge is 0.396 e. The number of carbonyl (C=O) groups excluding carboxylic acids is 1. The molecular formula is C24H26F3N3O3S. The number of alkyl halides is 3. The molecule has 0 spiro atoms. The van der Waals surface area contributed by atoms with Gasteiger partial charge in [-0.15, -0.1) is 11.3 Å². The van der Waals surface area contributed by atoms with E-state index in [4.69, 9.17) is 8.22 Å². The number of amides is 1. The van der Waals surface area contributed by atoms with Gasteiger partial charge in [-0.3, -0.25) is 4.79 Å². The molecule has 1 aromatic carbocycles. The number of benzene rings is 1. The highest BCUT2D eigenvalue weighted by molar-refractivity contribution is 7.18. The normalized spacial score (nSPS) is 22.7. The predicted octanol–water partition coefficient (Wildman–Crippen LogP) is 5.46. The van der Waals surface area contributed by atoms with Crippen LogP contribution in [0.1, 0.15) is 80.3 Å². The summed E-state index contributed by atoms with van der Waals surface area (Å²) in [4.78, 5) is 20.9. The van der Waals surface area contributed by atoms with E-state index >= 15 is 0 Å². The number of aliphatic hydroxyl groups excluding tert-OH is 1. The predicted molar refractivity (Wildman–Crippen MR) is 124 cm³/mol. The lowest BCUT2D eigenvalue weighted by Gasteiger charge is -2.25. The number of hydrogen-bond acceptors (Lipinski definition) is 6. The lowest BCUT2D eigenvalue weighted by atomic mass is 9.83. The highest BCUT2D eigenvalue weighted by atomic mass is 32.1. The first-order valence-electron chi connectivity index (χ1n) is 13.6. The number of fused-ring (bicyclic) bond motifs is 1. The molecule has 1 saturated carbocycles. The van der Waals surface area contributed by atoms with Gasteiger partial charge in [0.15, 0.2) is 0 Å². The largest absolute Gasteiger partial charge is 0.433 e. The second-order valence-electron chi connectivity index (χ2n) is 8.39. The third kappa shape index (κ3) is 5.24. The van der Waals surface area contributed by atoms with Crippen LogP contribution in [0.2, 0.25) is 0 Å². The average Bonchev–Trinajstić information content (AvgIpc) is 3.29. The van der Waals surface area contributed by atoms with Gasteiger partial charge in [-0.2, -0.15) is 13.2 Å². The molecule has 6 nitrogen and oxygen atoms in total. The number of pyridine rings is 1. The molecule has 0 aliphatic heterocycles. The maximum Gasteiger partial charge on any atom is 0.433 e. The molecule has 3 aromatic rings. The zero-order valence-corrected chi connectivity index (χ0v) is 18.6. The minimum atomic E-state index is -4.83. The van der Waals surface area contributed by atoms with Gasteiger partial charge >= 0.3 is 6.18 Å². The van der Waals surface area contributed by atoms with Crippen LogP contribution in [0.4, 0.5) is 18.9 Å². The number of aliphatic hydroxyl groups is 2. The summed E-state index contributed by atoms with van der Waals surface area (Å²) in [6.07, 6.45) is -1.77. The second-order valence-corrected chi connectivity index (χ2v) is 9.45. The topological polar surface area (TPSA) is 95.3 Å². The fraction of sp³-hybridized carbons (Fsp3) is 0.458. The molecule has 0 radical (unpaired) electrons. The van der Waals surface area contributed by atoms with E-state index in [0.29, 0.717) is 15.8 Å². The molecule has 0 saturated heterocycles. The van der Waals surface area contributed by atoms with E-state index in [1.165, 1.54) is 17.4 Å². The van der Waals surface area contributed by atoms with Gasteiger partial charge in [0.1, 0.15) is 11.4 Å². The minimum Gasteiger partial charge on any atom is -0.396 e. The first-order valence-corrected chi connectivity index (χ1v) is 11.4. The van der Waals surface area contributed by atoms with E-state index < -0.39 is 54.0 Å². The number of thiazole rings is 1. The van der Waals surface area contributed by atoms with Crippen molar-refractivity contribution >= 4 is 33.1 Å².